The number of carboxylic acid groups (broad SMARTS) is 1. The number of amides is 8. The molecule has 0 saturated carbocycles. The molecule has 0 bridgehead atoms. The number of benzene rings is 3. The van der Waals surface area contributed by atoms with Gasteiger partial charge in [-0.05, 0) is 135 Å². The van der Waals surface area contributed by atoms with Crippen LogP contribution in [0.1, 0.15) is 193 Å². The number of esters is 2. The van der Waals surface area contributed by atoms with Crippen molar-refractivity contribution in [2.45, 2.75) is 253 Å². The summed E-state index contributed by atoms with van der Waals surface area (Å²) in [5.74, 6) is -11.5. The van der Waals surface area contributed by atoms with Crippen LogP contribution in [0.5, 0.6) is 0 Å². The van der Waals surface area contributed by atoms with Crippen molar-refractivity contribution in [3.05, 3.63) is 108 Å². The van der Waals surface area contributed by atoms with Gasteiger partial charge in [0.1, 0.15) is 59.0 Å². The van der Waals surface area contributed by atoms with Gasteiger partial charge in [0.25, 0.3) is 0 Å². The molecule has 3 aromatic rings. The summed E-state index contributed by atoms with van der Waals surface area (Å²) in [6.07, 6.45) is -2.80. The molecule has 0 saturated heterocycles. The van der Waals surface area contributed by atoms with Gasteiger partial charge in [-0.15, -0.1) is 0 Å². The van der Waals surface area contributed by atoms with Crippen molar-refractivity contribution in [2.75, 3.05) is 0 Å². The molecule has 3 aromatic carbocycles. The molecule has 11 N–H and O–H groups in total. The van der Waals surface area contributed by atoms with Crippen LogP contribution in [0.3, 0.4) is 0 Å². The van der Waals surface area contributed by atoms with Crippen LogP contribution in [0.4, 0.5) is 0 Å². The van der Waals surface area contributed by atoms with E-state index in [1.54, 1.807) is 90.0 Å². The normalized spacial score (nSPS) is 15.1. The smallest absolute Gasteiger partial charge is 0.326 e. The maximum atomic E-state index is 15.3. The van der Waals surface area contributed by atoms with Gasteiger partial charge in [0.05, 0.1) is 24.2 Å². The first-order valence-electron chi connectivity index (χ1n) is 33.3. The fourth-order valence-electron chi connectivity index (χ4n) is 10.7. The van der Waals surface area contributed by atoms with E-state index in [1.807, 2.05) is 119 Å². The summed E-state index contributed by atoms with van der Waals surface area (Å²) in [6.45, 7) is 30.6. The molecule has 8 amide bonds. The predicted octanol–water partition coefficient (Wildman–Crippen LogP) is 6.53. The number of nitrogens with two attached hydrogens (primary N) is 1. The van der Waals surface area contributed by atoms with Gasteiger partial charge in [-0.25, -0.2) is 4.79 Å². The minimum Gasteiger partial charge on any atom is -0.480 e. The molecule has 0 aliphatic heterocycles. The lowest BCUT2D eigenvalue weighted by Gasteiger charge is -2.37. The largest absolute Gasteiger partial charge is 0.480 e. The highest BCUT2D eigenvalue weighted by molar-refractivity contribution is 5.99. The van der Waals surface area contributed by atoms with Crippen LogP contribution < -0.4 is 48.3 Å². The minimum atomic E-state index is -1.79. The molecule has 532 valence electrons. The number of rotatable bonds is 36. The Labute approximate surface area is 567 Å². The van der Waals surface area contributed by atoms with E-state index in [2.05, 4.69) is 42.5 Å². The Bertz CT molecular complexity index is 2970. The van der Waals surface area contributed by atoms with Crippen molar-refractivity contribution in [1.29, 1.82) is 0 Å². The van der Waals surface area contributed by atoms with Crippen molar-refractivity contribution in [1.82, 2.24) is 42.5 Å². The van der Waals surface area contributed by atoms with Crippen molar-refractivity contribution in [3.63, 3.8) is 0 Å². The summed E-state index contributed by atoms with van der Waals surface area (Å²) in [6, 6.07) is 15.7. The SMILES string of the molecule is CC[C@H](C)[C@H](NC(=O)[C@@H](NC(=O)[C@H](CCC(=O)OC(C)(C)C)NC(=O)[C@H](CC(=O)NC(c1ccccc1)(c1ccccc1)c1ccccc1)NC(=O)[C@H](CC(C)C)NC(=O)[C@@H](N)CC(C)C)C(C)C)C(=O)N[C@H](C(=O)N[C@@H](CCC(=O)OC(C)(C)C)C(=O)O)[C@@H](C)OC(C)(C)C. The molecule has 0 aliphatic carbocycles. The van der Waals surface area contributed by atoms with E-state index < -0.39 is 173 Å². The summed E-state index contributed by atoms with van der Waals surface area (Å²) >= 11 is 0. The maximum absolute atomic E-state index is 15.3. The summed E-state index contributed by atoms with van der Waals surface area (Å²) in [5.41, 5.74) is 4.12. The minimum absolute atomic E-state index is 0.0287. The number of carbonyl (C=O) groups is 11. The maximum Gasteiger partial charge on any atom is 0.326 e. The van der Waals surface area contributed by atoms with E-state index in [4.69, 9.17) is 19.9 Å². The molecule has 0 aromatic heterocycles. The Hall–Kier alpha value is -8.25. The summed E-state index contributed by atoms with van der Waals surface area (Å²) in [7, 11) is 0. The fraction of sp³-hybridized carbons (Fsp3) is 0.597. The van der Waals surface area contributed by atoms with E-state index in [-0.39, 0.29) is 31.1 Å². The second-order valence-electron chi connectivity index (χ2n) is 28.8. The average Bonchev–Trinajstić information content (AvgIpc) is 0.776. The predicted molar refractivity (Wildman–Crippen MR) is 365 cm³/mol. The highest BCUT2D eigenvalue weighted by atomic mass is 16.6. The van der Waals surface area contributed by atoms with Gasteiger partial charge in [0, 0.05) is 12.8 Å². The van der Waals surface area contributed by atoms with Crippen molar-refractivity contribution in [2.24, 2.45) is 29.4 Å². The summed E-state index contributed by atoms with van der Waals surface area (Å²) in [4.78, 5) is 156. The zero-order chi connectivity index (χ0) is 72.6. The standard InChI is InChI=1S/C72H109N9O15/c1-19-45(8)59(66(90)80-60(46(9)94-69(10,11)12)67(91)75-52(68(92)93)36-38-57(84)96-71(16,17)18)79-65(89)58(44(6)7)78-62(86)51(35-37-56(83)95-70(13,14)15)74-64(88)54(77-63(87)53(40-43(4)5)76-61(85)50(73)39-42(2)3)41-55(82)81-72(47-29-23-20-24-30-47,48-31-25-21-26-32-48)49-33-27-22-28-34-49/h20-34,42-46,50-54,58-60H,19,35-41,73H2,1-18H3,(H,74,88)(H,75,91)(H,76,85)(H,77,87)(H,78,86)(H,79,89)(H,80,90)(H,81,82)(H,92,93)/t45-,46+,50-,51-,52-,53-,54-,58-,59-,60-/m0/s1. The van der Waals surface area contributed by atoms with Crippen LogP contribution in [-0.2, 0) is 72.5 Å². The van der Waals surface area contributed by atoms with Crippen LogP contribution in [0.2, 0.25) is 0 Å². The van der Waals surface area contributed by atoms with E-state index in [0.717, 1.165) is 0 Å². The first-order valence-corrected chi connectivity index (χ1v) is 33.3. The molecule has 0 spiro atoms. The van der Waals surface area contributed by atoms with Gasteiger partial charge < -0.3 is 67.6 Å². The number of ether oxygens (including phenoxy) is 3. The number of nitrogens with one attached hydrogen (secondary N) is 8. The van der Waals surface area contributed by atoms with Gasteiger partial charge in [0.2, 0.25) is 47.3 Å². The molecule has 96 heavy (non-hydrogen) atoms. The Morgan fingerprint density at radius 3 is 1.24 bits per heavy atom. The molecule has 0 fully saturated rings. The van der Waals surface area contributed by atoms with Crippen molar-refractivity contribution < 1.29 is 72.1 Å². The highest BCUT2D eigenvalue weighted by Crippen LogP contribution is 2.37. The van der Waals surface area contributed by atoms with Gasteiger partial charge in [-0.2, -0.15) is 0 Å². The highest BCUT2D eigenvalue weighted by Gasteiger charge is 2.42. The van der Waals surface area contributed by atoms with Gasteiger partial charge in [-0.1, -0.05) is 153 Å². The number of hydrogen-bond donors (Lipinski definition) is 10. The van der Waals surface area contributed by atoms with Crippen LogP contribution in [0.25, 0.3) is 0 Å². The number of carbonyl (C=O) groups excluding carboxylic acids is 10. The molecular weight excluding hydrogens is 1230 g/mol. The Kier molecular flexibility index (Phi) is 31.9. The third kappa shape index (κ3) is 27.5. The molecule has 24 heteroatoms. The molecule has 0 radical (unpaired) electrons. The first kappa shape index (κ1) is 82.0. The first-order chi connectivity index (χ1) is 44.6. The van der Waals surface area contributed by atoms with Crippen LogP contribution in [0, 0.1) is 23.7 Å². The number of hydrogen-bond acceptors (Lipinski definition) is 15. The van der Waals surface area contributed by atoms with Gasteiger partial charge >= 0.3 is 17.9 Å². The third-order valence-electron chi connectivity index (χ3n) is 15.4. The second-order valence-corrected chi connectivity index (χ2v) is 28.8. The van der Waals surface area contributed by atoms with Crippen LogP contribution in [0.15, 0.2) is 91.0 Å². The second kappa shape index (κ2) is 37.3. The molecule has 0 heterocycles. The molecule has 3 rings (SSSR count). The molecular formula is C72H109N9O15. The number of carboxylic acids is 1. The Balaban J connectivity index is 2.17. The monoisotopic (exact) mass is 1340 g/mol. The zero-order valence-corrected chi connectivity index (χ0v) is 59.6. The summed E-state index contributed by atoms with van der Waals surface area (Å²) in [5, 5.41) is 32.0. The third-order valence-corrected chi connectivity index (χ3v) is 15.4. The lowest BCUT2D eigenvalue weighted by atomic mass is 9.77. The summed E-state index contributed by atoms with van der Waals surface area (Å²) < 4.78 is 17.0. The van der Waals surface area contributed by atoms with Crippen molar-refractivity contribution in [3.8, 4) is 0 Å². The van der Waals surface area contributed by atoms with Crippen molar-refractivity contribution >= 4 is 65.2 Å². The van der Waals surface area contributed by atoms with E-state index in [9.17, 15) is 43.5 Å². The lowest BCUT2D eigenvalue weighted by Crippen LogP contribution is -2.63. The van der Waals surface area contributed by atoms with E-state index in [0.29, 0.717) is 29.5 Å². The zero-order valence-electron chi connectivity index (χ0n) is 59.6. The molecule has 0 aliphatic rings. The number of aliphatic carboxylic acids is 1. The fourth-order valence-corrected chi connectivity index (χ4v) is 10.7. The van der Waals surface area contributed by atoms with E-state index in [1.165, 1.54) is 6.92 Å². The quantitative estimate of drug-likeness (QED) is 0.0218. The van der Waals surface area contributed by atoms with Gasteiger partial charge in [0.15, 0.2) is 0 Å². The van der Waals surface area contributed by atoms with E-state index >= 15 is 14.4 Å². The Morgan fingerprint density at radius 1 is 0.448 bits per heavy atom. The molecule has 10 atom stereocenters. The molecule has 24 nitrogen and oxygen atoms in total. The van der Waals surface area contributed by atoms with Crippen LogP contribution >= 0.6 is 0 Å². The van der Waals surface area contributed by atoms with Gasteiger partial charge in [-0.3, -0.25) is 47.9 Å². The Morgan fingerprint density at radius 2 is 0.823 bits per heavy atom. The van der Waals surface area contributed by atoms with Crippen LogP contribution in [-0.4, -0.2) is 142 Å². The average molecular weight is 1340 g/mol. The lowest BCUT2D eigenvalue weighted by molar-refractivity contribution is -0.156. The topological polar surface area (TPSA) is 358 Å². The molecule has 0 unspecified atom stereocenters.